The van der Waals surface area contributed by atoms with Crippen molar-refractivity contribution in [1.82, 2.24) is 15.6 Å². The Morgan fingerprint density at radius 2 is 2.47 bits per heavy atom. The Morgan fingerprint density at radius 1 is 1.60 bits per heavy atom. The Kier molecular flexibility index (Phi) is 3.38. The maximum Gasteiger partial charge on any atom is 0.211 e. The molecule has 4 nitrogen and oxygen atoms in total. The Morgan fingerprint density at radius 3 is 3.13 bits per heavy atom. The average Bonchev–Trinajstić information content (AvgIpc) is 2.78. The molecule has 0 aliphatic carbocycles. The van der Waals surface area contributed by atoms with Crippen molar-refractivity contribution in [3.05, 3.63) is 17.8 Å². The van der Waals surface area contributed by atoms with Crippen LogP contribution in [0.3, 0.4) is 0 Å². The second-order valence-electron chi connectivity index (χ2n) is 4.12. The molecule has 2 unspecified atom stereocenters. The van der Waals surface area contributed by atoms with Gasteiger partial charge in [0.05, 0.1) is 11.7 Å². The van der Waals surface area contributed by atoms with Gasteiger partial charge in [0.1, 0.15) is 6.26 Å². The van der Waals surface area contributed by atoms with Crippen molar-refractivity contribution in [3.63, 3.8) is 0 Å². The fraction of sp³-hybridized carbons (Fsp3) is 0.727. The summed E-state index contributed by atoms with van der Waals surface area (Å²) in [4.78, 5) is 4.51. The van der Waals surface area contributed by atoms with Gasteiger partial charge >= 0.3 is 0 Å². The molecule has 2 rings (SSSR count). The summed E-state index contributed by atoms with van der Waals surface area (Å²) >= 11 is 0. The number of hydrogen-bond acceptors (Lipinski definition) is 4. The molecule has 1 aliphatic rings. The first-order valence-corrected chi connectivity index (χ1v) is 5.67. The molecule has 1 saturated heterocycles. The minimum atomic E-state index is 0.256. The Balaban J connectivity index is 2.05. The Bertz CT molecular complexity index is 305. The molecular weight excluding hydrogens is 190 g/mol. The van der Waals surface area contributed by atoms with Crippen molar-refractivity contribution in [3.8, 4) is 0 Å². The first-order chi connectivity index (χ1) is 7.31. The molecule has 1 aromatic rings. The van der Waals surface area contributed by atoms with Gasteiger partial charge in [-0.1, -0.05) is 6.42 Å². The van der Waals surface area contributed by atoms with Crippen LogP contribution in [0.4, 0.5) is 0 Å². The minimum Gasteiger partial charge on any atom is -0.447 e. The Hall–Kier alpha value is -0.870. The van der Waals surface area contributed by atoms with Crippen molar-refractivity contribution in [2.75, 3.05) is 13.6 Å². The van der Waals surface area contributed by atoms with E-state index in [4.69, 9.17) is 4.42 Å². The highest BCUT2D eigenvalue weighted by atomic mass is 16.3. The summed E-state index contributed by atoms with van der Waals surface area (Å²) in [5, 5.41) is 6.58. The molecule has 0 spiro atoms. The van der Waals surface area contributed by atoms with E-state index >= 15 is 0 Å². The van der Waals surface area contributed by atoms with E-state index in [2.05, 4.69) is 22.5 Å². The number of nitrogens with one attached hydrogen (secondary N) is 2. The Labute approximate surface area is 90.5 Å². The zero-order chi connectivity index (χ0) is 10.7. The van der Waals surface area contributed by atoms with E-state index in [9.17, 15) is 0 Å². The summed E-state index contributed by atoms with van der Waals surface area (Å²) < 4.78 is 5.51. The van der Waals surface area contributed by atoms with Gasteiger partial charge in [-0.25, -0.2) is 4.98 Å². The van der Waals surface area contributed by atoms with Gasteiger partial charge in [-0.05, 0) is 33.4 Å². The summed E-state index contributed by atoms with van der Waals surface area (Å²) in [5.74, 6) is 0.840. The summed E-state index contributed by atoms with van der Waals surface area (Å²) in [6, 6.07) is 0.572. The first kappa shape index (κ1) is 10.6. The van der Waals surface area contributed by atoms with Crippen LogP contribution in [0, 0.1) is 0 Å². The highest BCUT2D eigenvalue weighted by molar-refractivity contribution is 5.04. The lowest BCUT2D eigenvalue weighted by Gasteiger charge is -2.20. The number of aromatic nitrogens is 1. The van der Waals surface area contributed by atoms with Gasteiger partial charge in [0.2, 0.25) is 5.89 Å². The van der Waals surface area contributed by atoms with Gasteiger partial charge < -0.3 is 15.1 Å². The van der Waals surface area contributed by atoms with E-state index in [0.717, 1.165) is 24.6 Å². The lowest BCUT2D eigenvalue weighted by atomic mass is 10.1. The van der Waals surface area contributed by atoms with Crippen molar-refractivity contribution in [2.24, 2.45) is 0 Å². The van der Waals surface area contributed by atoms with Gasteiger partial charge in [0, 0.05) is 6.04 Å². The SMILES string of the molecule is CNC(C)c1coc(C2CCCCN2)n1. The smallest absolute Gasteiger partial charge is 0.211 e. The lowest BCUT2D eigenvalue weighted by molar-refractivity contribution is 0.338. The molecular formula is C11H19N3O. The monoisotopic (exact) mass is 209 g/mol. The quantitative estimate of drug-likeness (QED) is 0.796. The molecule has 1 aromatic heterocycles. The zero-order valence-corrected chi connectivity index (χ0v) is 9.42. The standard InChI is InChI=1S/C11H19N3O/c1-8(12-2)10-7-15-11(14-10)9-5-3-4-6-13-9/h7-9,12-13H,3-6H2,1-2H3. The van der Waals surface area contributed by atoms with Crippen LogP contribution in [-0.4, -0.2) is 18.6 Å². The molecule has 2 atom stereocenters. The maximum absolute atomic E-state index is 5.51. The molecule has 0 radical (unpaired) electrons. The van der Waals surface area contributed by atoms with Crippen LogP contribution >= 0.6 is 0 Å². The number of oxazole rings is 1. The van der Waals surface area contributed by atoms with E-state index in [1.165, 1.54) is 12.8 Å². The molecule has 1 aliphatic heterocycles. The number of piperidine rings is 1. The van der Waals surface area contributed by atoms with Gasteiger partial charge in [0.15, 0.2) is 0 Å². The van der Waals surface area contributed by atoms with Crippen molar-refractivity contribution >= 4 is 0 Å². The molecule has 2 N–H and O–H groups in total. The van der Waals surface area contributed by atoms with Crippen LogP contribution in [0.2, 0.25) is 0 Å². The second-order valence-corrected chi connectivity index (χ2v) is 4.12. The second kappa shape index (κ2) is 4.77. The van der Waals surface area contributed by atoms with E-state index in [-0.39, 0.29) is 6.04 Å². The molecule has 0 amide bonds. The summed E-state index contributed by atoms with van der Waals surface area (Å²) in [7, 11) is 1.93. The average molecular weight is 209 g/mol. The van der Waals surface area contributed by atoms with Crippen LogP contribution < -0.4 is 10.6 Å². The lowest BCUT2D eigenvalue weighted by Crippen LogP contribution is -2.27. The van der Waals surface area contributed by atoms with Crippen molar-refractivity contribution < 1.29 is 4.42 Å². The summed E-state index contributed by atoms with van der Waals surface area (Å²) in [6.07, 6.45) is 5.41. The molecule has 0 bridgehead atoms. The van der Waals surface area contributed by atoms with Gasteiger partial charge in [-0.15, -0.1) is 0 Å². The van der Waals surface area contributed by atoms with Crippen LogP contribution in [0.25, 0.3) is 0 Å². The molecule has 84 valence electrons. The van der Waals surface area contributed by atoms with E-state index in [1.54, 1.807) is 6.26 Å². The molecule has 0 aromatic carbocycles. The maximum atomic E-state index is 5.51. The highest BCUT2D eigenvalue weighted by Gasteiger charge is 2.20. The third-order valence-corrected chi connectivity index (χ3v) is 3.02. The number of rotatable bonds is 3. The number of hydrogen-bond donors (Lipinski definition) is 2. The molecule has 4 heteroatoms. The first-order valence-electron chi connectivity index (χ1n) is 5.67. The largest absolute Gasteiger partial charge is 0.447 e. The van der Waals surface area contributed by atoms with Crippen LogP contribution in [-0.2, 0) is 0 Å². The van der Waals surface area contributed by atoms with E-state index in [0.29, 0.717) is 6.04 Å². The topological polar surface area (TPSA) is 50.1 Å². The third kappa shape index (κ3) is 2.38. The van der Waals surface area contributed by atoms with Crippen molar-refractivity contribution in [2.45, 2.75) is 38.3 Å². The van der Waals surface area contributed by atoms with Crippen molar-refractivity contribution in [1.29, 1.82) is 0 Å². The molecule has 0 saturated carbocycles. The zero-order valence-electron chi connectivity index (χ0n) is 9.42. The van der Waals surface area contributed by atoms with E-state index < -0.39 is 0 Å². The molecule has 2 heterocycles. The van der Waals surface area contributed by atoms with Gasteiger partial charge in [-0.3, -0.25) is 0 Å². The van der Waals surface area contributed by atoms with Gasteiger partial charge in [-0.2, -0.15) is 0 Å². The summed E-state index contributed by atoms with van der Waals surface area (Å²) in [5.41, 5.74) is 0.986. The van der Waals surface area contributed by atoms with Crippen LogP contribution in [0.5, 0.6) is 0 Å². The predicted octanol–water partition coefficient (Wildman–Crippen LogP) is 1.77. The van der Waals surface area contributed by atoms with Gasteiger partial charge in [0.25, 0.3) is 0 Å². The highest BCUT2D eigenvalue weighted by Crippen LogP contribution is 2.23. The normalized spacial score (nSPS) is 24.0. The van der Waals surface area contributed by atoms with E-state index in [1.807, 2.05) is 7.05 Å². The predicted molar refractivity (Wildman–Crippen MR) is 58.6 cm³/mol. The third-order valence-electron chi connectivity index (χ3n) is 3.02. The summed E-state index contributed by atoms with van der Waals surface area (Å²) in [6.45, 7) is 3.15. The van der Waals surface area contributed by atoms with Crippen LogP contribution in [0.15, 0.2) is 10.7 Å². The minimum absolute atomic E-state index is 0.256. The molecule has 15 heavy (non-hydrogen) atoms. The number of nitrogens with zero attached hydrogens (tertiary/aromatic N) is 1. The molecule has 1 fully saturated rings. The fourth-order valence-corrected chi connectivity index (χ4v) is 1.87. The van der Waals surface area contributed by atoms with Crippen LogP contribution in [0.1, 0.15) is 49.9 Å². The fourth-order valence-electron chi connectivity index (χ4n) is 1.87.